The molecule has 0 atom stereocenters. The summed E-state index contributed by atoms with van der Waals surface area (Å²) >= 11 is 0. The van der Waals surface area contributed by atoms with E-state index in [4.69, 9.17) is 4.74 Å². The molecule has 0 aliphatic heterocycles. The first-order valence-corrected chi connectivity index (χ1v) is 7.32. The molecule has 1 aliphatic carbocycles. The summed E-state index contributed by atoms with van der Waals surface area (Å²) in [4.78, 5) is 27.8. The number of nitrogens with zero attached hydrogens (tertiary/aromatic N) is 2. The van der Waals surface area contributed by atoms with Crippen LogP contribution in [-0.4, -0.2) is 28.3 Å². The predicted octanol–water partition coefficient (Wildman–Crippen LogP) is 1.42. The number of hydrogen-bond acceptors (Lipinski definition) is 5. The number of ether oxygens (including phenoxy) is 1. The average molecular weight is 299 g/mol. The van der Waals surface area contributed by atoms with Gasteiger partial charge in [0.15, 0.2) is 5.69 Å². The Kier molecular flexibility index (Phi) is 4.00. The lowest BCUT2D eigenvalue weighted by atomic mass is 9.90. The summed E-state index contributed by atoms with van der Waals surface area (Å²) in [6, 6.07) is 3.61. The molecule has 6 heteroatoms. The van der Waals surface area contributed by atoms with Gasteiger partial charge in [-0.3, -0.25) is 4.79 Å². The number of fused-ring (bicyclic) bond motifs is 1. The van der Waals surface area contributed by atoms with Gasteiger partial charge in [-0.25, -0.2) is 14.9 Å². The van der Waals surface area contributed by atoms with E-state index in [1.807, 2.05) is 6.07 Å². The third-order valence-corrected chi connectivity index (χ3v) is 4.01. The number of carbonyl (C=O) groups is 1. The highest BCUT2D eigenvalue weighted by atomic mass is 16.5. The summed E-state index contributed by atoms with van der Waals surface area (Å²) in [7, 11) is 1.33. The third-order valence-electron chi connectivity index (χ3n) is 4.01. The van der Waals surface area contributed by atoms with Crippen molar-refractivity contribution in [2.75, 3.05) is 7.11 Å². The van der Waals surface area contributed by atoms with Gasteiger partial charge in [0, 0.05) is 18.2 Å². The van der Waals surface area contributed by atoms with E-state index in [0.717, 1.165) is 48.1 Å². The monoisotopic (exact) mass is 299 g/mol. The first kappa shape index (κ1) is 14.4. The van der Waals surface area contributed by atoms with Crippen molar-refractivity contribution >= 4 is 5.97 Å². The minimum atomic E-state index is -0.464. The zero-order valence-electron chi connectivity index (χ0n) is 12.4. The van der Waals surface area contributed by atoms with E-state index in [-0.39, 0.29) is 5.56 Å². The molecule has 0 bridgehead atoms. The smallest absolute Gasteiger partial charge is 0.356 e. The molecule has 1 N–H and O–H groups in total. The van der Waals surface area contributed by atoms with Crippen LogP contribution in [0.3, 0.4) is 0 Å². The van der Waals surface area contributed by atoms with Crippen LogP contribution in [0.5, 0.6) is 0 Å². The number of esters is 1. The van der Waals surface area contributed by atoms with Crippen LogP contribution in [0.1, 0.15) is 45.7 Å². The molecule has 0 unspecified atom stereocenters. The lowest BCUT2D eigenvalue weighted by Gasteiger charge is -2.17. The molecule has 1 aliphatic rings. The number of pyridine rings is 1. The molecule has 6 nitrogen and oxygen atoms in total. The molecule has 0 amide bonds. The second kappa shape index (κ2) is 6.09. The fourth-order valence-corrected chi connectivity index (χ4v) is 2.92. The molecule has 0 fully saturated rings. The van der Waals surface area contributed by atoms with Crippen LogP contribution in [0, 0.1) is 0 Å². The van der Waals surface area contributed by atoms with Crippen LogP contribution < -0.4 is 5.56 Å². The minimum Gasteiger partial charge on any atom is -0.464 e. The second-order valence-electron chi connectivity index (χ2n) is 5.34. The number of aromatic nitrogens is 3. The molecule has 2 aromatic heterocycles. The van der Waals surface area contributed by atoms with Gasteiger partial charge in [0.1, 0.15) is 0 Å². The Morgan fingerprint density at radius 2 is 2.09 bits per heavy atom. The Bertz CT molecular complexity index is 767. The van der Waals surface area contributed by atoms with Gasteiger partial charge >= 0.3 is 5.97 Å². The Balaban J connectivity index is 2.01. The molecule has 2 heterocycles. The Morgan fingerprint density at radius 3 is 2.86 bits per heavy atom. The van der Waals surface area contributed by atoms with E-state index in [1.165, 1.54) is 7.11 Å². The maximum absolute atomic E-state index is 11.9. The van der Waals surface area contributed by atoms with Crippen LogP contribution in [0.4, 0.5) is 0 Å². The molecule has 2 aromatic rings. The van der Waals surface area contributed by atoms with Gasteiger partial charge in [-0.1, -0.05) is 6.07 Å². The molecule has 0 radical (unpaired) electrons. The quantitative estimate of drug-likeness (QED) is 0.866. The lowest BCUT2D eigenvalue weighted by molar-refractivity contribution is 0.0593. The van der Waals surface area contributed by atoms with E-state index in [9.17, 15) is 9.59 Å². The number of rotatable bonds is 3. The highest BCUT2D eigenvalue weighted by Gasteiger charge is 2.20. The maximum Gasteiger partial charge on any atom is 0.356 e. The van der Waals surface area contributed by atoms with Crippen LogP contribution in [0.2, 0.25) is 0 Å². The predicted molar refractivity (Wildman–Crippen MR) is 79.9 cm³/mol. The fourth-order valence-electron chi connectivity index (χ4n) is 2.92. The van der Waals surface area contributed by atoms with Gasteiger partial charge < -0.3 is 4.74 Å². The fraction of sp³-hybridized carbons (Fsp3) is 0.375. The van der Waals surface area contributed by atoms with Crippen molar-refractivity contribution in [3.05, 3.63) is 56.8 Å². The summed E-state index contributed by atoms with van der Waals surface area (Å²) in [5.41, 5.74) is 3.61. The van der Waals surface area contributed by atoms with Gasteiger partial charge in [0.25, 0.3) is 5.56 Å². The highest BCUT2D eigenvalue weighted by Crippen LogP contribution is 2.22. The van der Waals surface area contributed by atoms with E-state index in [1.54, 1.807) is 12.3 Å². The lowest BCUT2D eigenvalue weighted by Crippen LogP contribution is -2.23. The molecular weight excluding hydrogens is 282 g/mol. The molecule has 0 aromatic carbocycles. The molecular formula is C16H17N3O3. The zero-order chi connectivity index (χ0) is 15.5. The number of hydrogen-bond donors (Lipinski definition) is 1. The third kappa shape index (κ3) is 2.64. The summed E-state index contributed by atoms with van der Waals surface area (Å²) in [5, 5.41) is 6.76. The number of nitrogens with one attached hydrogen (secondary N) is 1. The van der Waals surface area contributed by atoms with Crippen molar-refractivity contribution in [1.82, 2.24) is 15.2 Å². The first-order valence-electron chi connectivity index (χ1n) is 7.32. The number of carbonyl (C=O) groups excluding carboxylic acids is 1. The molecule has 0 saturated carbocycles. The Hall–Kier alpha value is -2.50. The van der Waals surface area contributed by atoms with E-state index in [2.05, 4.69) is 15.2 Å². The van der Waals surface area contributed by atoms with Crippen LogP contribution in [0.25, 0.3) is 0 Å². The largest absolute Gasteiger partial charge is 0.464 e. The first-order chi connectivity index (χ1) is 10.7. The number of aromatic amines is 1. The Morgan fingerprint density at radius 1 is 1.32 bits per heavy atom. The molecule has 114 valence electrons. The molecule has 22 heavy (non-hydrogen) atoms. The Labute approximate surface area is 127 Å². The van der Waals surface area contributed by atoms with E-state index >= 15 is 0 Å². The van der Waals surface area contributed by atoms with Gasteiger partial charge in [-0.15, -0.1) is 0 Å². The second-order valence-corrected chi connectivity index (χ2v) is 5.34. The summed E-state index contributed by atoms with van der Waals surface area (Å²) in [6.45, 7) is 0. The molecule has 3 rings (SSSR count). The van der Waals surface area contributed by atoms with Gasteiger partial charge in [-0.05, 0) is 42.9 Å². The normalized spacial score (nSPS) is 13.5. The van der Waals surface area contributed by atoms with E-state index < -0.39 is 5.97 Å². The van der Waals surface area contributed by atoms with Crippen molar-refractivity contribution in [3.8, 4) is 0 Å². The molecule has 0 saturated heterocycles. The van der Waals surface area contributed by atoms with Gasteiger partial charge in [0.2, 0.25) is 0 Å². The number of methoxy groups -OCH3 is 1. The minimum absolute atomic E-state index is 0.0992. The average Bonchev–Trinajstić information content (AvgIpc) is 2.57. The topological polar surface area (TPSA) is 84.9 Å². The van der Waals surface area contributed by atoms with Crippen molar-refractivity contribution in [2.24, 2.45) is 0 Å². The van der Waals surface area contributed by atoms with Gasteiger partial charge in [0.05, 0.1) is 12.8 Å². The van der Waals surface area contributed by atoms with E-state index in [0.29, 0.717) is 12.1 Å². The highest BCUT2D eigenvalue weighted by molar-refractivity contribution is 5.88. The zero-order valence-corrected chi connectivity index (χ0v) is 12.4. The van der Waals surface area contributed by atoms with Crippen LogP contribution >= 0.6 is 0 Å². The van der Waals surface area contributed by atoms with Crippen molar-refractivity contribution in [2.45, 2.75) is 32.1 Å². The summed E-state index contributed by atoms with van der Waals surface area (Å²) in [6.07, 6.45) is 5.75. The van der Waals surface area contributed by atoms with Crippen LogP contribution in [-0.2, 0) is 24.0 Å². The molecule has 0 spiro atoms. The van der Waals surface area contributed by atoms with Crippen LogP contribution in [0.15, 0.2) is 23.1 Å². The standard InChI is InChI=1S/C16H17N3O3/c1-22-16(21)14-10(5-4-8-17-14)9-13-11-6-2-3-7-12(11)15(20)19-18-13/h4-5,8H,2-3,6-7,9H2,1H3,(H,19,20). The maximum atomic E-state index is 11.9. The van der Waals surface area contributed by atoms with Crippen molar-refractivity contribution in [1.29, 1.82) is 0 Å². The van der Waals surface area contributed by atoms with Gasteiger partial charge in [-0.2, -0.15) is 5.10 Å². The summed E-state index contributed by atoms with van der Waals surface area (Å²) in [5.74, 6) is -0.464. The summed E-state index contributed by atoms with van der Waals surface area (Å²) < 4.78 is 4.77. The SMILES string of the molecule is COC(=O)c1ncccc1Cc1n[nH]c(=O)c2c1CCCC2. The van der Waals surface area contributed by atoms with Crippen molar-refractivity contribution < 1.29 is 9.53 Å². The van der Waals surface area contributed by atoms with Crippen molar-refractivity contribution in [3.63, 3.8) is 0 Å². The number of H-pyrrole nitrogens is 1.